The molecule has 0 bridgehead atoms. The first-order chi connectivity index (χ1) is 12.2. The molecule has 0 radical (unpaired) electrons. The third-order valence-electron chi connectivity index (χ3n) is 4.41. The van der Waals surface area contributed by atoms with E-state index in [1.54, 1.807) is 50.2 Å². The van der Waals surface area contributed by atoms with Gasteiger partial charge in [-0.25, -0.2) is 0 Å². The van der Waals surface area contributed by atoms with Crippen molar-refractivity contribution >= 4 is 17.6 Å². The molecule has 1 amide bonds. The van der Waals surface area contributed by atoms with E-state index in [9.17, 15) is 14.7 Å². The van der Waals surface area contributed by atoms with Gasteiger partial charge in [-0.2, -0.15) is 0 Å². The average molecular weight is 357 g/mol. The van der Waals surface area contributed by atoms with E-state index in [4.69, 9.17) is 9.47 Å². The Morgan fingerprint density at radius 3 is 1.92 bits per heavy atom. The number of aliphatic carboxylic acids is 1. The molecule has 0 fully saturated rings. The number of carboxylic acids is 1. The number of benzene rings is 2. The minimum Gasteiger partial charge on any atom is -0.496 e. The van der Waals surface area contributed by atoms with E-state index >= 15 is 0 Å². The van der Waals surface area contributed by atoms with Gasteiger partial charge in [-0.3, -0.25) is 9.59 Å². The van der Waals surface area contributed by atoms with Crippen LogP contribution in [0, 0.1) is 6.92 Å². The molecule has 0 heterocycles. The van der Waals surface area contributed by atoms with Crippen LogP contribution in [0.1, 0.15) is 35.3 Å². The van der Waals surface area contributed by atoms with Crippen molar-refractivity contribution in [2.75, 3.05) is 19.5 Å². The molecule has 0 aliphatic carbocycles. The van der Waals surface area contributed by atoms with Crippen molar-refractivity contribution in [3.8, 4) is 11.5 Å². The van der Waals surface area contributed by atoms with Crippen molar-refractivity contribution < 1.29 is 24.2 Å². The van der Waals surface area contributed by atoms with Crippen LogP contribution in [0.15, 0.2) is 36.4 Å². The van der Waals surface area contributed by atoms with Gasteiger partial charge in [0.15, 0.2) is 0 Å². The molecule has 0 unspecified atom stereocenters. The van der Waals surface area contributed by atoms with E-state index in [0.29, 0.717) is 28.3 Å². The summed E-state index contributed by atoms with van der Waals surface area (Å²) in [5.74, 6) is -0.0962. The number of rotatable bonds is 6. The molecule has 0 aliphatic rings. The number of carbonyl (C=O) groups is 2. The molecule has 0 saturated heterocycles. The summed E-state index contributed by atoms with van der Waals surface area (Å²) in [6.07, 6.45) is 0. The van der Waals surface area contributed by atoms with E-state index in [1.807, 2.05) is 6.92 Å². The Labute approximate surface area is 152 Å². The molecule has 2 aromatic carbocycles. The van der Waals surface area contributed by atoms with E-state index in [1.165, 1.54) is 14.2 Å². The third-order valence-corrected chi connectivity index (χ3v) is 4.41. The summed E-state index contributed by atoms with van der Waals surface area (Å²) < 4.78 is 10.6. The second-order valence-electron chi connectivity index (χ2n) is 6.47. The Hall–Kier alpha value is -3.02. The molecule has 0 spiro atoms. The maximum absolute atomic E-state index is 12.5. The van der Waals surface area contributed by atoms with Gasteiger partial charge >= 0.3 is 5.97 Å². The van der Waals surface area contributed by atoms with Crippen LogP contribution in [0.4, 0.5) is 5.69 Å². The fourth-order valence-electron chi connectivity index (χ4n) is 2.51. The normalized spacial score (nSPS) is 11.0. The van der Waals surface area contributed by atoms with Crippen LogP contribution in [-0.2, 0) is 10.2 Å². The molecular formula is C20H23NO5. The van der Waals surface area contributed by atoms with Crippen LogP contribution in [0.25, 0.3) is 0 Å². The molecule has 0 aromatic heterocycles. The minimum absolute atomic E-state index is 0.313. The lowest BCUT2D eigenvalue weighted by Crippen LogP contribution is -2.28. The lowest BCUT2D eigenvalue weighted by molar-refractivity contribution is -0.142. The number of amides is 1. The standard InChI is InChI=1S/C20H23NO5/c1-12-16(25-4)10-13(11-17(12)26-5)18(22)21-15-8-6-14(7-9-15)20(2,3)19(23)24/h6-11H,1-5H3,(H,21,22)(H,23,24). The van der Waals surface area contributed by atoms with Crippen LogP contribution in [-0.4, -0.2) is 31.2 Å². The predicted octanol–water partition coefficient (Wildman–Crippen LogP) is 3.63. The molecule has 138 valence electrons. The second-order valence-corrected chi connectivity index (χ2v) is 6.47. The van der Waals surface area contributed by atoms with E-state index in [0.717, 1.165) is 5.56 Å². The summed E-state index contributed by atoms with van der Waals surface area (Å²) in [6, 6.07) is 10.0. The monoisotopic (exact) mass is 357 g/mol. The maximum Gasteiger partial charge on any atom is 0.313 e. The number of hydrogen-bond acceptors (Lipinski definition) is 4. The van der Waals surface area contributed by atoms with Crippen molar-refractivity contribution in [1.82, 2.24) is 0 Å². The van der Waals surface area contributed by atoms with Crippen molar-refractivity contribution in [2.45, 2.75) is 26.2 Å². The first-order valence-corrected chi connectivity index (χ1v) is 8.08. The minimum atomic E-state index is -1.000. The van der Waals surface area contributed by atoms with Crippen LogP contribution in [0.3, 0.4) is 0 Å². The zero-order chi connectivity index (χ0) is 19.5. The van der Waals surface area contributed by atoms with Gasteiger partial charge < -0.3 is 19.9 Å². The lowest BCUT2D eigenvalue weighted by atomic mass is 9.85. The smallest absolute Gasteiger partial charge is 0.313 e. The zero-order valence-electron chi connectivity index (χ0n) is 15.5. The lowest BCUT2D eigenvalue weighted by Gasteiger charge is -2.20. The number of methoxy groups -OCH3 is 2. The highest BCUT2D eigenvalue weighted by Gasteiger charge is 2.29. The molecule has 0 atom stereocenters. The summed E-state index contributed by atoms with van der Waals surface area (Å²) in [4.78, 5) is 23.9. The Kier molecular flexibility index (Phi) is 5.55. The Morgan fingerprint density at radius 2 is 1.50 bits per heavy atom. The van der Waals surface area contributed by atoms with Crippen molar-refractivity contribution in [1.29, 1.82) is 0 Å². The first-order valence-electron chi connectivity index (χ1n) is 8.08. The van der Waals surface area contributed by atoms with E-state index in [-0.39, 0.29) is 5.91 Å². The number of ether oxygens (including phenoxy) is 2. The summed E-state index contributed by atoms with van der Waals surface area (Å²) >= 11 is 0. The number of anilines is 1. The van der Waals surface area contributed by atoms with Crippen LogP contribution < -0.4 is 14.8 Å². The van der Waals surface area contributed by atoms with Gasteiger partial charge in [-0.05, 0) is 50.6 Å². The van der Waals surface area contributed by atoms with E-state index < -0.39 is 11.4 Å². The molecule has 6 heteroatoms. The fraction of sp³-hybridized carbons (Fsp3) is 0.300. The highest BCUT2D eigenvalue weighted by Crippen LogP contribution is 2.30. The highest BCUT2D eigenvalue weighted by atomic mass is 16.5. The molecule has 2 rings (SSSR count). The summed E-state index contributed by atoms with van der Waals surface area (Å²) in [6.45, 7) is 5.11. The Balaban J connectivity index is 2.24. The second kappa shape index (κ2) is 7.47. The number of hydrogen-bond donors (Lipinski definition) is 2. The average Bonchev–Trinajstić information content (AvgIpc) is 2.62. The molecule has 0 saturated carbocycles. The van der Waals surface area contributed by atoms with Crippen molar-refractivity contribution in [3.05, 3.63) is 53.1 Å². The molecule has 6 nitrogen and oxygen atoms in total. The number of carboxylic acid groups (broad SMARTS) is 1. The maximum atomic E-state index is 12.5. The van der Waals surface area contributed by atoms with Crippen LogP contribution in [0.2, 0.25) is 0 Å². The quantitative estimate of drug-likeness (QED) is 0.825. The fourth-order valence-corrected chi connectivity index (χ4v) is 2.51. The van der Waals surface area contributed by atoms with Crippen LogP contribution >= 0.6 is 0 Å². The summed E-state index contributed by atoms with van der Waals surface area (Å²) in [5.41, 5.74) is 1.44. The summed E-state index contributed by atoms with van der Waals surface area (Å²) in [5, 5.41) is 12.1. The number of carbonyl (C=O) groups excluding carboxylic acids is 1. The van der Waals surface area contributed by atoms with Gasteiger partial charge in [0.25, 0.3) is 5.91 Å². The predicted molar refractivity (Wildman–Crippen MR) is 99.3 cm³/mol. The zero-order valence-corrected chi connectivity index (χ0v) is 15.5. The van der Waals surface area contributed by atoms with Gasteiger partial charge in [-0.15, -0.1) is 0 Å². The first kappa shape index (κ1) is 19.3. The Morgan fingerprint density at radius 1 is 1.00 bits per heavy atom. The van der Waals surface area contributed by atoms with Gasteiger partial charge in [0.2, 0.25) is 0 Å². The Bertz CT molecular complexity index is 800. The van der Waals surface area contributed by atoms with E-state index in [2.05, 4.69) is 5.32 Å². The molecule has 26 heavy (non-hydrogen) atoms. The molecular weight excluding hydrogens is 334 g/mol. The third kappa shape index (κ3) is 3.79. The number of nitrogens with one attached hydrogen (secondary N) is 1. The molecule has 0 aliphatic heterocycles. The molecule has 2 aromatic rings. The largest absolute Gasteiger partial charge is 0.496 e. The summed E-state index contributed by atoms with van der Waals surface area (Å²) in [7, 11) is 3.07. The van der Waals surface area contributed by atoms with Crippen molar-refractivity contribution in [2.24, 2.45) is 0 Å². The van der Waals surface area contributed by atoms with Gasteiger partial charge in [0.1, 0.15) is 11.5 Å². The van der Waals surface area contributed by atoms with Crippen LogP contribution in [0.5, 0.6) is 11.5 Å². The SMILES string of the molecule is COc1cc(C(=O)Nc2ccc(C(C)(C)C(=O)O)cc2)cc(OC)c1C. The van der Waals surface area contributed by atoms with Gasteiger partial charge in [-0.1, -0.05) is 12.1 Å². The van der Waals surface area contributed by atoms with Gasteiger partial charge in [0, 0.05) is 16.8 Å². The van der Waals surface area contributed by atoms with Gasteiger partial charge in [0.05, 0.1) is 19.6 Å². The topological polar surface area (TPSA) is 84.9 Å². The highest BCUT2D eigenvalue weighted by molar-refractivity contribution is 6.05. The van der Waals surface area contributed by atoms with Crippen molar-refractivity contribution in [3.63, 3.8) is 0 Å². The molecule has 2 N–H and O–H groups in total.